The van der Waals surface area contributed by atoms with Crippen molar-refractivity contribution in [2.24, 2.45) is 0 Å². The lowest BCUT2D eigenvalue weighted by molar-refractivity contribution is -0.448. The third kappa shape index (κ3) is 13.6. The van der Waals surface area contributed by atoms with Crippen LogP contribution < -0.4 is 5.73 Å². The van der Waals surface area contributed by atoms with Crippen LogP contribution in [-0.4, -0.2) is 187 Å². The Morgan fingerprint density at radius 1 is 0.556 bits per heavy atom. The molecule has 0 spiro atoms. The smallest absolute Gasteiger partial charge is 0.187 e. The van der Waals surface area contributed by atoms with Crippen LogP contribution in [0.15, 0.2) is 12.2 Å². The van der Waals surface area contributed by atoms with Crippen molar-refractivity contribution < 1.29 is 90.3 Å². The van der Waals surface area contributed by atoms with Gasteiger partial charge in [-0.2, -0.15) is 0 Å². The highest BCUT2D eigenvalue weighted by Crippen LogP contribution is 2.32. The van der Waals surface area contributed by atoms with E-state index in [0.29, 0.717) is 0 Å². The molecule has 0 aliphatic carbocycles. The van der Waals surface area contributed by atoms with Crippen LogP contribution in [0.2, 0.25) is 0 Å². The van der Waals surface area contributed by atoms with Crippen LogP contribution in [0.4, 0.5) is 0 Å². The van der Waals surface area contributed by atoms with E-state index >= 15 is 0 Å². The molecule has 0 unspecified atom stereocenters. The Morgan fingerprint density at radius 3 is 1.48 bits per heavy atom. The zero-order valence-corrected chi connectivity index (χ0v) is 31.4. The first-order valence-corrected chi connectivity index (χ1v) is 19.6. The summed E-state index contributed by atoms with van der Waals surface area (Å²) < 4.78 is 33.4. The highest BCUT2D eigenvalue weighted by molar-refractivity contribution is 4.97. The van der Waals surface area contributed by atoms with Gasteiger partial charge in [0.2, 0.25) is 0 Å². The maximum absolute atomic E-state index is 11.0. The molecule has 0 aromatic heterocycles. The van der Waals surface area contributed by atoms with E-state index in [1.54, 1.807) is 6.08 Å². The summed E-state index contributed by atoms with van der Waals surface area (Å²) in [5.41, 5.74) is 3.92. The van der Waals surface area contributed by atoms with E-state index in [1.807, 2.05) is 6.08 Å². The van der Waals surface area contributed by atoms with Crippen molar-refractivity contribution >= 4 is 0 Å². The molecule has 3 fully saturated rings. The molecule has 17 atom stereocenters. The zero-order valence-electron chi connectivity index (χ0n) is 31.4. The third-order valence-electron chi connectivity index (χ3n) is 10.3. The van der Waals surface area contributed by atoms with Gasteiger partial charge in [0.1, 0.15) is 92.0 Å². The number of unbranched alkanes of at least 4 members (excludes halogenated alkanes) is 11. The van der Waals surface area contributed by atoms with Gasteiger partial charge in [-0.1, -0.05) is 83.3 Å². The van der Waals surface area contributed by atoms with Crippen LogP contribution in [-0.2, 0) is 28.4 Å². The lowest BCUT2D eigenvalue weighted by atomic mass is 9.96. The van der Waals surface area contributed by atoms with Gasteiger partial charge in [0.25, 0.3) is 0 Å². The fourth-order valence-electron chi connectivity index (χ4n) is 6.82. The summed E-state index contributed by atoms with van der Waals surface area (Å²) in [7, 11) is 0. The Hall–Kier alpha value is -0.980. The molecule has 3 aliphatic rings. The number of ether oxygens (including phenoxy) is 6. The van der Waals surface area contributed by atoms with Crippen molar-refractivity contribution in [3.63, 3.8) is 0 Å². The van der Waals surface area contributed by atoms with Crippen molar-refractivity contribution in [3.8, 4) is 0 Å². The van der Waals surface area contributed by atoms with E-state index in [-0.39, 0.29) is 6.61 Å². The average Bonchev–Trinajstić information content (AvgIpc) is 3.17. The number of hydrogen-bond acceptors (Lipinski definition) is 17. The number of hydrogen-bond donors (Lipinski definition) is 12. The molecule has 54 heavy (non-hydrogen) atoms. The molecule has 0 saturated carbocycles. The minimum atomic E-state index is -1.93. The maximum atomic E-state index is 11.0. The van der Waals surface area contributed by atoms with E-state index in [9.17, 15) is 56.2 Å². The Morgan fingerprint density at radius 2 is 0.981 bits per heavy atom. The highest BCUT2D eigenvalue weighted by atomic mass is 16.8. The number of allylic oxidation sites excluding steroid dienone is 1. The Bertz CT molecular complexity index is 1030. The van der Waals surface area contributed by atoms with Gasteiger partial charge in [0.15, 0.2) is 18.9 Å². The average molecular weight is 787 g/mol. The van der Waals surface area contributed by atoms with E-state index in [1.165, 1.54) is 57.8 Å². The van der Waals surface area contributed by atoms with Gasteiger partial charge in [-0.05, 0) is 12.8 Å². The molecule has 14 N–H and O–H groups in total. The molecule has 0 aromatic rings. The van der Waals surface area contributed by atoms with E-state index in [0.717, 1.165) is 19.3 Å². The molecular weight excluding hydrogens is 718 g/mol. The molecule has 0 radical (unpaired) electrons. The van der Waals surface area contributed by atoms with Gasteiger partial charge in [-0.15, -0.1) is 0 Å². The third-order valence-corrected chi connectivity index (χ3v) is 10.3. The molecule has 3 rings (SSSR count). The molecule has 3 saturated heterocycles. The first kappa shape index (κ1) is 47.4. The molecule has 18 nitrogen and oxygen atoms in total. The van der Waals surface area contributed by atoms with Crippen LogP contribution in [0.3, 0.4) is 0 Å². The minimum Gasteiger partial charge on any atom is -0.394 e. The molecule has 3 aliphatic heterocycles. The van der Waals surface area contributed by atoms with Gasteiger partial charge in [0, 0.05) is 0 Å². The van der Waals surface area contributed by atoms with Gasteiger partial charge in [-0.3, -0.25) is 0 Å². The van der Waals surface area contributed by atoms with Crippen LogP contribution in [0.1, 0.15) is 84.0 Å². The second kappa shape index (κ2) is 24.7. The first-order chi connectivity index (χ1) is 25.9. The standard InChI is InChI=1S/C36H67NO17/c1-2-3-4-5-6-7-8-9-10-11-12-13-14-15-21(41)20(37)19-49-34-30(47)27(44)32(23(17-39)51-34)54-36-31(48)28(45)33(24(18-40)52-36)53-35-29(46)26(43)25(42)22(16-38)50-35/h14-15,20-36,38-48H,2-13,16-19,37H2,1H3/p+1/b15-14+/t20-,21+,22+,23+,24+,25-,26-,27+,28+,29+,30+,31+,32+,33-,34+,35+,36-/m0/s1. The van der Waals surface area contributed by atoms with Gasteiger partial charge >= 0.3 is 0 Å². The van der Waals surface area contributed by atoms with Crippen molar-refractivity contribution in [2.75, 3.05) is 26.4 Å². The van der Waals surface area contributed by atoms with E-state index in [4.69, 9.17) is 28.4 Å². The van der Waals surface area contributed by atoms with Crippen molar-refractivity contribution in [1.82, 2.24) is 0 Å². The van der Waals surface area contributed by atoms with Gasteiger partial charge in [0.05, 0.1) is 19.8 Å². The van der Waals surface area contributed by atoms with E-state index in [2.05, 4.69) is 12.7 Å². The highest BCUT2D eigenvalue weighted by Gasteiger charge is 2.53. The maximum Gasteiger partial charge on any atom is 0.187 e. The first-order valence-electron chi connectivity index (χ1n) is 19.6. The van der Waals surface area contributed by atoms with Gasteiger partial charge in [-0.25, -0.2) is 0 Å². The fourth-order valence-corrected chi connectivity index (χ4v) is 6.82. The Labute approximate surface area is 317 Å². The molecule has 318 valence electrons. The van der Waals surface area contributed by atoms with Crippen LogP contribution in [0.5, 0.6) is 0 Å². The summed E-state index contributed by atoms with van der Waals surface area (Å²) in [4.78, 5) is 0. The van der Waals surface area contributed by atoms with Crippen LogP contribution in [0, 0.1) is 0 Å². The Kier molecular flexibility index (Phi) is 21.7. The summed E-state index contributed by atoms with van der Waals surface area (Å²) in [6, 6.07) is -0.658. The van der Waals surface area contributed by atoms with Crippen molar-refractivity contribution in [1.29, 1.82) is 0 Å². The van der Waals surface area contributed by atoms with Crippen LogP contribution >= 0.6 is 0 Å². The fraction of sp³-hybridized carbons (Fsp3) is 0.944. The minimum absolute atomic E-state index is 0.174. The summed E-state index contributed by atoms with van der Waals surface area (Å²) in [5, 5.41) is 114. The second-order valence-electron chi connectivity index (χ2n) is 14.6. The summed E-state index contributed by atoms with van der Waals surface area (Å²) in [6.07, 6.45) is -7.74. The topological polar surface area (TPSA) is 306 Å². The van der Waals surface area contributed by atoms with Crippen molar-refractivity contribution in [3.05, 3.63) is 12.2 Å². The largest absolute Gasteiger partial charge is 0.394 e. The summed E-state index contributed by atoms with van der Waals surface area (Å²) in [5.74, 6) is 0. The normalized spacial score (nSPS) is 38.9. The molecule has 0 amide bonds. The zero-order chi connectivity index (χ0) is 39.8. The number of aliphatic hydroxyl groups excluding tert-OH is 11. The number of aliphatic hydroxyl groups is 11. The molecule has 18 heteroatoms. The lowest BCUT2D eigenvalue weighted by Gasteiger charge is -2.48. The number of quaternary nitrogens is 1. The number of rotatable bonds is 24. The predicted molar refractivity (Wildman–Crippen MR) is 188 cm³/mol. The predicted octanol–water partition coefficient (Wildman–Crippen LogP) is -3.32. The second-order valence-corrected chi connectivity index (χ2v) is 14.6. The monoisotopic (exact) mass is 786 g/mol. The molecule has 0 aromatic carbocycles. The summed E-state index contributed by atoms with van der Waals surface area (Å²) in [6.45, 7) is -0.274. The molecule has 0 bridgehead atoms. The van der Waals surface area contributed by atoms with E-state index < -0.39 is 124 Å². The quantitative estimate of drug-likeness (QED) is 0.0337. The van der Waals surface area contributed by atoms with Crippen LogP contribution in [0.25, 0.3) is 0 Å². The molecule has 3 heterocycles. The Balaban J connectivity index is 1.44. The van der Waals surface area contributed by atoms with Gasteiger partial charge < -0.3 is 90.3 Å². The molecular formula is C36H68NO17+. The summed E-state index contributed by atoms with van der Waals surface area (Å²) >= 11 is 0. The lowest BCUT2D eigenvalue weighted by Crippen LogP contribution is -2.69. The SMILES string of the molecule is CCCCCCCCCCCCC/C=C/[C@@H](O)[C@@H]([NH3+])CO[C@@H]1O[C@H](CO)[C@@H](O[C@@H]2O[C@H](CO)[C@H](O[C@H]3O[C@H](CO)[C@H](O)[C@H](O)[C@H]3O)[C@H](O)[C@H]2O)[C@H](O)[C@H]1O. The van der Waals surface area contributed by atoms with Crippen molar-refractivity contribution in [2.45, 2.75) is 188 Å².